The standard InChI is InChI=1S/C18H23N5O/c1-18(2,3)17-20-19-15-10-11-16(21-23(15)17)22(4)12-13-6-8-14(24-5)9-7-13/h6-11H,12H2,1-5H3. The van der Waals surface area contributed by atoms with Gasteiger partial charge >= 0.3 is 0 Å². The van der Waals surface area contributed by atoms with Gasteiger partial charge in [-0.25, -0.2) is 0 Å². The van der Waals surface area contributed by atoms with Crippen molar-refractivity contribution in [1.82, 2.24) is 19.8 Å². The summed E-state index contributed by atoms with van der Waals surface area (Å²) >= 11 is 0. The van der Waals surface area contributed by atoms with Crippen LogP contribution in [-0.2, 0) is 12.0 Å². The molecule has 0 saturated heterocycles. The van der Waals surface area contributed by atoms with Crippen LogP contribution in [0.25, 0.3) is 5.65 Å². The molecule has 2 aromatic heterocycles. The number of rotatable bonds is 4. The van der Waals surface area contributed by atoms with E-state index in [9.17, 15) is 0 Å². The molecule has 0 radical (unpaired) electrons. The molecule has 126 valence electrons. The predicted molar refractivity (Wildman–Crippen MR) is 94.6 cm³/mol. The van der Waals surface area contributed by atoms with Crippen molar-refractivity contribution in [3.63, 3.8) is 0 Å². The van der Waals surface area contributed by atoms with Crippen LogP contribution in [0.4, 0.5) is 5.82 Å². The van der Waals surface area contributed by atoms with Gasteiger partial charge in [-0.1, -0.05) is 32.9 Å². The molecule has 0 bridgehead atoms. The van der Waals surface area contributed by atoms with Gasteiger partial charge in [0.2, 0.25) is 0 Å². The lowest BCUT2D eigenvalue weighted by Crippen LogP contribution is -2.21. The number of fused-ring (bicyclic) bond motifs is 1. The normalized spacial score (nSPS) is 11.7. The molecule has 0 aliphatic rings. The van der Waals surface area contributed by atoms with Crippen LogP contribution in [0.3, 0.4) is 0 Å². The molecule has 0 N–H and O–H groups in total. The van der Waals surface area contributed by atoms with Gasteiger partial charge in [0.05, 0.1) is 7.11 Å². The first-order chi connectivity index (χ1) is 11.4. The van der Waals surface area contributed by atoms with E-state index in [1.54, 1.807) is 7.11 Å². The van der Waals surface area contributed by atoms with Crippen molar-refractivity contribution < 1.29 is 4.74 Å². The van der Waals surface area contributed by atoms with Crippen molar-refractivity contribution in [1.29, 1.82) is 0 Å². The molecule has 0 saturated carbocycles. The molecule has 0 amide bonds. The van der Waals surface area contributed by atoms with Gasteiger partial charge in [-0.2, -0.15) is 4.52 Å². The minimum Gasteiger partial charge on any atom is -0.497 e. The minimum absolute atomic E-state index is 0.112. The predicted octanol–water partition coefficient (Wildman–Crippen LogP) is 3.07. The van der Waals surface area contributed by atoms with E-state index in [1.807, 2.05) is 35.8 Å². The van der Waals surface area contributed by atoms with Crippen LogP contribution in [0.2, 0.25) is 0 Å². The maximum atomic E-state index is 5.20. The van der Waals surface area contributed by atoms with Gasteiger partial charge in [0.1, 0.15) is 11.6 Å². The van der Waals surface area contributed by atoms with Gasteiger partial charge in [0.15, 0.2) is 11.5 Å². The van der Waals surface area contributed by atoms with Crippen LogP contribution in [0.5, 0.6) is 5.75 Å². The lowest BCUT2D eigenvalue weighted by atomic mass is 9.96. The summed E-state index contributed by atoms with van der Waals surface area (Å²) < 4.78 is 7.03. The molecule has 24 heavy (non-hydrogen) atoms. The molecule has 0 spiro atoms. The second-order valence-corrected chi connectivity index (χ2v) is 6.94. The molecule has 0 unspecified atom stereocenters. The lowest BCUT2D eigenvalue weighted by Gasteiger charge is -2.20. The Hall–Kier alpha value is -2.63. The van der Waals surface area contributed by atoms with Crippen molar-refractivity contribution in [3.8, 4) is 5.75 Å². The summed E-state index contributed by atoms with van der Waals surface area (Å²) in [6, 6.07) is 12.0. The van der Waals surface area contributed by atoms with Gasteiger partial charge in [-0.05, 0) is 29.8 Å². The molecule has 6 heteroatoms. The van der Waals surface area contributed by atoms with Crippen LogP contribution in [0, 0.1) is 0 Å². The first kappa shape index (κ1) is 16.2. The molecule has 3 aromatic rings. The third kappa shape index (κ3) is 3.18. The highest BCUT2D eigenvalue weighted by molar-refractivity contribution is 5.46. The summed E-state index contributed by atoms with van der Waals surface area (Å²) in [4.78, 5) is 2.10. The van der Waals surface area contributed by atoms with Gasteiger partial charge in [-0.3, -0.25) is 0 Å². The molecule has 0 aliphatic heterocycles. The molecule has 0 aliphatic carbocycles. The maximum absolute atomic E-state index is 5.20. The Balaban J connectivity index is 1.87. The molecule has 6 nitrogen and oxygen atoms in total. The number of aromatic nitrogens is 4. The average Bonchev–Trinajstić information content (AvgIpc) is 2.98. The fourth-order valence-electron chi connectivity index (χ4n) is 2.54. The first-order valence-corrected chi connectivity index (χ1v) is 7.95. The number of hydrogen-bond acceptors (Lipinski definition) is 5. The summed E-state index contributed by atoms with van der Waals surface area (Å²) in [5.41, 5.74) is 1.85. The van der Waals surface area contributed by atoms with E-state index in [-0.39, 0.29) is 5.41 Å². The molecular weight excluding hydrogens is 302 g/mol. The summed E-state index contributed by atoms with van der Waals surface area (Å²) in [6.07, 6.45) is 0. The second-order valence-electron chi connectivity index (χ2n) is 6.94. The smallest absolute Gasteiger partial charge is 0.178 e. The Morgan fingerprint density at radius 1 is 1.04 bits per heavy atom. The largest absolute Gasteiger partial charge is 0.497 e. The summed E-state index contributed by atoms with van der Waals surface area (Å²) in [6.45, 7) is 7.09. The first-order valence-electron chi connectivity index (χ1n) is 7.95. The maximum Gasteiger partial charge on any atom is 0.178 e. The van der Waals surface area contributed by atoms with Gasteiger partial charge in [0, 0.05) is 19.0 Å². The zero-order valence-corrected chi connectivity index (χ0v) is 14.8. The lowest BCUT2D eigenvalue weighted by molar-refractivity contribution is 0.414. The van der Waals surface area contributed by atoms with Gasteiger partial charge in [-0.15, -0.1) is 15.3 Å². The molecule has 0 atom stereocenters. The monoisotopic (exact) mass is 325 g/mol. The van der Waals surface area contributed by atoms with Crippen LogP contribution in [0.15, 0.2) is 36.4 Å². The summed E-state index contributed by atoms with van der Waals surface area (Å²) in [5, 5.41) is 13.2. The van der Waals surface area contributed by atoms with E-state index in [1.165, 1.54) is 5.56 Å². The quantitative estimate of drug-likeness (QED) is 0.738. The van der Waals surface area contributed by atoms with E-state index in [4.69, 9.17) is 9.84 Å². The fourth-order valence-corrected chi connectivity index (χ4v) is 2.54. The molecule has 2 heterocycles. The van der Waals surface area contributed by atoms with E-state index >= 15 is 0 Å². The Morgan fingerprint density at radius 3 is 2.38 bits per heavy atom. The number of benzene rings is 1. The van der Waals surface area contributed by atoms with Crippen molar-refractivity contribution in [2.45, 2.75) is 32.7 Å². The third-order valence-electron chi connectivity index (χ3n) is 3.89. The number of anilines is 1. The third-order valence-corrected chi connectivity index (χ3v) is 3.89. The summed E-state index contributed by atoms with van der Waals surface area (Å²) in [5.74, 6) is 2.60. The number of ether oxygens (including phenoxy) is 1. The van der Waals surface area contributed by atoms with Crippen molar-refractivity contribution >= 4 is 11.5 Å². The van der Waals surface area contributed by atoms with Gasteiger partial charge in [0.25, 0.3) is 0 Å². The molecule has 0 fully saturated rings. The Labute approximate surface area is 142 Å². The van der Waals surface area contributed by atoms with E-state index < -0.39 is 0 Å². The van der Waals surface area contributed by atoms with Crippen LogP contribution >= 0.6 is 0 Å². The van der Waals surface area contributed by atoms with Gasteiger partial charge < -0.3 is 9.64 Å². The topological polar surface area (TPSA) is 55.5 Å². The fraction of sp³-hybridized carbons (Fsp3) is 0.389. The number of methoxy groups -OCH3 is 1. The van der Waals surface area contributed by atoms with Crippen LogP contribution in [-0.4, -0.2) is 34.0 Å². The van der Waals surface area contributed by atoms with Crippen molar-refractivity contribution in [2.24, 2.45) is 0 Å². The van der Waals surface area contributed by atoms with Crippen LogP contribution < -0.4 is 9.64 Å². The Morgan fingerprint density at radius 2 is 1.75 bits per heavy atom. The zero-order valence-electron chi connectivity index (χ0n) is 14.8. The van der Waals surface area contributed by atoms with Crippen molar-refractivity contribution in [3.05, 3.63) is 47.8 Å². The summed E-state index contributed by atoms with van der Waals surface area (Å²) in [7, 11) is 3.70. The molecule has 1 aromatic carbocycles. The zero-order chi connectivity index (χ0) is 17.3. The average molecular weight is 325 g/mol. The second kappa shape index (κ2) is 6.11. The highest BCUT2D eigenvalue weighted by Gasteiger charge is 2.22. The number of hydrogen-bond donors (Lipinski definition) is 0. The van der Waals surface area contributed by atoms with Crippen LogP contribution in [0.1, 0.15) is 32.2 Å². The molecular formula is C18H23N5O. The number of nitrogens with zero attached hydrogens (tertiary/aromatic N) is 5. The molecule has 3 rings (SSSR count). The van der Waals surface area contributed by atoms with E-state index in [2.05, 4.69) is 48.0 Å². The van der Waals surface area contributed by atoms with E-state index in [0.717, 1.165) is 29.6 Å². The Bertz CT molecular complexity index is 833. The highest BCUT2D eigenvalue weighted by atomic mass is 16.5. The SMILES string of the molecule is COc1ccc(CN(C)c2ccc3nnc(C(C)(C)C)n3n2)cc1. The van der Waals surface area contributed by atoms with Crippen molar-refractivity contribution in [2.75, 3.05) is 19.1 Å². The highest BCUT2D eigenvalue weighted by Crippen LogP contribution is 2.22. The van der Waals surface area contributed by atoms with E-state index in [0.29, 0.717) is 0 Å². The Kier molecular flexibility index (Phi) is 4.13. The minimum atomic E-state index is -0.112.